The van der Waals surface area contributed by atoms with Gasteiger partial charge in [-0.3, -0.25) is 19.0 Å². The number of rotatable bonds is 1. The Hall–Kier alpha value is -2.50. The molecule has 1 fully saturated rings. The number of Topliss-reactive ketones (excluding diaryl/α,β-unsaturated/α-hetero) is 2. The Balaban J connectivity index is 2.62. The van der Waals surface area contributed by atoms with Gasteiger partial charge < -0.3 is 5.73 Å². The Bertz CT molecular complexity index is 1220. The number of benzene rings is 1. The maximum Gasteiger partial charge on any atom is 0.264 e. The average molecular weight is 295 g/mol. The number of fused-ring (bicyclic) bond motifs is 1. The number of aromatic nitrogens is 2. The van der Waals surface area contributed by atoms with E-state index in [2.05, 4.69) is 4.98 Å². The third-order valence-corrected chi connectivity index (χ3v) is 2.92. The molecular formula is C15H15N3O3. The van der Waals surface area contributed by atoms with Crippen LogP contribution in [0.25, 0.3) is 10.9 Å². The second-order valence-electron chi connectivity index (χ2n) is 4.27. The molecule has 1 unspecified atom stereocenters. The highest BCUT2D eigenvalue weighted by atomic mass is 16.2. The number of hydrogen-bond donors (Lipinski definition) is 1. The van der Waals surface area contributed by atoms with Gasteiger partial charge in [-0.15, -0.1) is 0 Å². The Morgan fingerprint density at radius 3 is 3.10 bits per heavy atom. The molecule has 1 atom stereocenters. The molecule has 1 saturated carbocycles. The molecule has 0 radical (unpaired) electrons. The average Bonchev–Trinajstić information content (AvgIpc) is 2.62. The molecule has 1 heterocycles. The Morgan fingerprint density at radius 2 is 2.33 bits per heavy atom. The normalized spacial score (nSPS) is 35.0. The van der Waals surface area contributed by atoms with Gasteiger partial charge in [-0.25, -0.2) is 4.98 Å². The molecule has 0 aliphatic heterocycles. The van der Waals surface area contributed by atoms with Crippen molar-refractivity contribution in [1.29, 1.82) is 0 Å². The maximum absolute atomic E-state index is 13.3. The van der Waals surface area contributed by atoms with Crippen molar-refractivity contribution in [1.82, 2.24) is 9.55 Å². The van der Waals surface area contributed by atoms with Gasteiger partial charge in [-0.05, 0) is 25.3 Å². The van der Waals surface area contributed by atoms with E-state index in [1.165, 1.54) is 0 Å². The zero-order valence-electron chi connectivity index (χ0n) is 20.5. The summed E-state index contributed by atoms with van der Waals surface area (Å²) in [4.78, 5) is 41.7. The van der Waals surface area contributed by atoms with Crippen LogP contribution in [0.2, 0.25) is 0 Å². The van der Waals surface area contributed by atoms with E-state index in [4.69, 9.17) is 19.4 Å². The first kappa shape index (κ1) is 6.09. The van der Waals surface area contributed by atoms with Crippen molar-refractivity contribution in [2.24, 2.45) is 0 Å². The van der Waals surface area contributed by atoms with Crippen LogP contribution in [0.3, 0.4) is 0 Å². The number of carbonyl (C=O) groups excluding carboxylic acids is 2. The highest BCUT2D eigenvalue weighted by Gasteiger charge is 2.30. The first-order valence-electron chi connectivity index (χ1n) is 10.8. The van der Waals surface area contributed by atoms with Gasteiger partial charge in [0, 0.05) is 21.7 Å². The van der Waals surface area contributed by atoms with Crippen LogP contribution in [0.4, 0.5) is 5.69 Å². The molecule has 21 heavy (non-hydrogen) atoms. The van der Waals surface area contributed by atoms with Gasteiger partial charge in [0.2, 0.25) is 0 Å². The fraction of sp³-hybridized carbons (Fsp3) is 0.333. The van der Waals surface area contributed by atoms with Crippen molar-refractivity contribution in [3.63, 3.8) is 0 Å². The molecule has 1 aliphatic rings. The Morgan fingerprint density at radius 1 is 1.52 bits per heavy atom. The number of nitrogens with zero attached hydrogens (tertiary/aromatic N) is 2. The van der Waals surface area contributed by atoms with E-state index < -0.39 is 83.7 Å². The lowest BCUT2D eigenvalue weighted by atomic mass is 9.92. The van der Waals surface area contributed by atoms with Crippen LogP contribution >= 0.6 is 0 Å². The zero-order chi connectivity index (χ0) is 23.9. The van der Waals surface area contributed by atoms with E-state index in [1.807, 2.05) is 0 Å². The standard InChI is InChI=1S/C15H15N3O3/c1-8-17-11-4-2-3-10(16)14(11)15(21)18(8)12-6-5-9(19)7-13(12)20/h2-4,12H,5-7,16H2,1H3/i1D3,3D,4D,5D2,6D2,12D. The van der Waals surface area contributed by atoms with Crippen molar-refractivity contribution < 1.29 is 23.3 Å². The molecule has 1 aromatic heterocycles. The third-order valence-electron chi connectivity index (χ3n) is 2.92. The van der Waals surface area contributed by atoms with Crippen LogP contribution < -0.4 is 11.3 Å². The zero-order valence-corrected chi connectivity index (χ0v) is 10.5. The smallest absolute Gasteiger partial charge is 0.264 e. The number of anilines is 1. The first-order valence-corrected chi connectivity index (χ1v) is 5.80. The highest BCUT2D eigenvalue weighted by molar-refractivity contribution is 6.03. The number of nitrogen functional groups attached to an aromatic ring is 1. The van der Waals surface area contributed by atoms with Gasteiger partial charge in [0.1, 0.15) is 11.6 Å². The second-order valence-corrected chi connectivity index (χ2v) is 4.27. The van der Waals surface area contributed by atoms with Crippen molar-refractivity contribution >= 4 is 28.2 Å². The molecule has 6 nitrogen and oxygen atoms in total. The SMILES string of the molecule is [2H]c1cc([2H])c2nc(C([2H])([2H])[2H])n(C3([2H])C(=O)CC(=O)C([2H])([2H])C3([2H])[2H])c(=O)c2c1N. The fourth-order valence-electron chi connectivity index (χ4n) is 1.98. The van der Waals surface area contributed by atoms with E-state index in [1.54, 1.807) is 0 Å². The summed E-state index contributed by atoms with van der Waals surface area (Å²) in [5.74, 6) is -4.28. The van der Waals surface area contributed by atoms with Crippen LogP contribution in [0.1, 0.15) is 44.7 Å². The lowest BCUT2D eigenvalue weighted by molar-refractivity contribution is -0.132. The molecule has 1 aromatic carbocycles. The second kappa shape index (κ2) is 4.80. The van der Waals surface area contributed by atoms with Gasteiger partial charge in [-0.1, -0.05) is 6.07 Å². The Labute approximate surface area is 134 Å². The molecule has 0 saturated heterocycles. The molecule has 108 valence electrons. The summed E-state index contributed by atoms with van der Waals surface area (Å²) in [7, 11) is 0. The van der Waals surface area contributed by atoms with Gasteiger partial charge in [0.15, 0.2) is 5.78 Å². The number of aryl methyl sites for hydroxylation is 1. The van der Waals surface area contributed by atoms with Crippen LogP contribution in [-0.4, -0.2) is 21.1 Å². The minimum atomic E-state index is -3.69. The van der Waals surface area contributed by atoms with Crippen LogP contribution in [0.5, 0.6) is 0 Å². The first-order chi connectivity index (χ1) is 13.9. The summed E-state index contributed by atoms with van der Waals surface area (Å²) in [6.45, 7) is -3.31. The van der Waals surface area contributed by atoms with Crippen molar-refractivity contribution in [3.05, 3.63) is 34.3 Å². The number of nitrogens with two attached hydrogens (primary N) is 1. The van der Waals surface area contributed by atoms with Crippen LogP contribution in [0.15, 0.2) is 22.9 Å². The van der Waals surface area contributed by atoms with E-state index in [0.717, 1.165) is 6.07 Å². The summed E-state index contributed by atoms with van der Waals surface area (Å²) in [6, 6.07) is -3.70. The van der Waals surface area contributed by atoms with E-state index in [-0.39, 0.29) is 4.57 Å². The molecule has 1 aliphatic carbocycles. The van der Waals surface area contributed by atoms with Gasteiger partial charge in [0.05, 0.1) is 27.5 Å². The predicted octanol–water partition coefficient (Wildman–Crippen LogP) is 1.15. The third kappa shape index (κ3) is 2.12. The van der Waals surface area contributed by atoms with Crippen LogP contribution in [0, 0.1) is 6.85 Å². The topological polar surface area (TPSA) is 95.0 Å². The lowest BCUT2D eigenvalue weighted by Gasteiger charge is -2.24. The summed E-state index contributed by atoms with van der Waals surface area (Å²) in [6.07, 6.45) is -8.38. The summed E-state index contributed by atoms with van der Waals surface area (Å²) in [5.41, 5.74) is 3.11. The Kier molecular flexibility index (Phi) is 1.39. The molecule has 3 rings (SSSR count). The minimum Gasteiger partial charge on any atom is -0.398 e. The van der Waals surface area contributed by atoms with Gasteiger partial charge >= 0.3 is 0 Å². The van der Waals surface area contributed by atoms with E-state index in [0.29, 0.717) is 0 Å². The minimum absolute atomic E-state index is 0.121. The van der Waals surface area contributed by atoms with Crippen molar-refractivity contribution in [2.45, 2.75) is 32.0 Å². The van der Waals surface area contributed by atoms with Gasteiger partial charge in [0.25, 0.3) is 5.56 Å². The molecule has 0 spiro atoms. The molecular weight excluding hydrogens is 270 g/mol. The molecule has 0 amide bonds. The number of carbonyl (C=O) groups is 2. The maximum atomic E-state index is 13.3. The molecule has 2 N–H and O–H groups in total. The molecule has 2 aromatic rings. The van der Waals surface area contributed by atoms with Crippen LogP contribution in [-0.2, 0) is 9.59 Å². The highest BCUT2D eigenvalue weighted by Crippen LogP contribution is 2.24. The van der Waals surface area contributed by atoms with Crippen molar-refractivity contribution in [3.8, 4) is 0 Å². The summed E-state index contributed by atoms with van der Waals surface area (Å²) >= 11 is 0. The van der Waals surface area contributed by atoms with Gasteiger partial charge in [-0.2, -0.15) is 0 Å². The van der Waals surface area contributed by atoms with E-state index >= 15 is 0 Å². The predicted molar refractivity (Wildman–Crippen MR) is 78.1 cm³/mol. The molecule has 6 heteroatoms. The summed E-state index contributed by atoms with van der Waals surface area (Å²) in [5, 5.41) is -0.696. The number of ketones is 2. The quantitative estimate of drug-likeness (QED) is 0.629. The number of hydrogen-bond acceptors (Lipinski definition) is 5. The van der Waals surface area contributed by atoms with Crippen molar-refractivity contribution in [2.75, 3.05) is 5.73 Å². The molecule has 0 bridgehead atoms. The van der Waals surface area contributed by atoms with E-state index in [9.17, 15) is 14.4 Å². The fourth-order valence-corrected chi connectivity index (χ4v) is 1.98. The summed E-state index contributed by atoms with van der Waals surface area (Å²) < 4.78 is 79.0. The lowest BCUT2D eigenvalue weighted by Crippen LogP contribution is -2.36. The largest absolute Gasteiger partial charge is 0.398 e. The monoisotopic (exact) mass is 295 g/mol.